The number of hydrogen-bond acceptors (Lipinski definition) is 6. The summed E-state index contributed by atoms with van der Waals surface area (Å²) in [6.07, 6.45) is 1.27. The van der Waals surface area contributed by atoms with E-state index in [4.69, 9.17) is 14.2 Å². The number of nitrogens with zero attached hydrogens (tertiary/aromatic N) is 4. The molecule has 1 fully saturated rings. The monoisotopic (exact) mass is 472 g/mol. The molecule has 8 heteroatoms. The molecule has 0 atom stereocenters. The van der Waals surface area contributed by atoms with Crippen LogP contribution < -0.4 is 14.2 Å². The standard InChI is InChI=1S/C26H40N4O4/c1-18(2)16-30-20(4)22(19(3)27-30)9-11-24(31)29-14-12-28(13-15-29)17-21-8-10-23(32-5)26(34-7)25(21)33-6/h8,10,18H,9,11-17H2,1-7H3. The maximum atomic E-state index is 12.9. The second-order valence-electron chi connectivity index (χ2n) is 9.38. The third kappa shape index (κ3) is 5.84. The van der Waals surface area contributed by atoms with Crippen LogP contribution in [0.1, 0.15) is 42.8 Å². The lowest BCUT2D eigenvalue weighted by atomic mass is 10.1. The fraction of sp³-hybridized carbons (Fsp3) is 0.615. The van der Waals surface area contributed by atoms with E-state index in [1.807, 2.05) is 24.0 Å². The SMILES string of the molecule is COc1ccc(CN2CCN(C(=O)CCc3c(C)nn(CC(C)C)c3C)CC2)c(OC)c1OC. The van der Waals surface area contributed by atoms with Crippen molar-refractivity contribution in [3.05, 3.63) is 34.6 Å². The van der Waals surface area contributed by atoms with Crippen LogP contribution in [0.5, 0.6) is 17.2 Å². The Hall–Kier alpha value is -2.74. The van der Waals surface area contributed by atoms with Crippen LogP contribution in [0, 0.1) is 19.8 Å². The zero-order chi connectivity index (χ0) is 24.8. The highest BCUT2D eigenvalue weighted by Gasteiger charge is 2.24. The van der Waals surface area contributed by atoms with Crippen molar-refractivity contribution in [1.82, 2.24) is 19.6 Å². The average Bonchev–Trinajstić information content (AvgIpc) is 3.08. The Morgan fingerprint density at radius 1 is 1.00 bits per heavy atom. The number of rotatable bonds is 10. The van der Waals surface area contributed by atoms with Crippen molar-refractivity contribution in [2.24, 2.45) is 5.92 Å². The number of ether oxygens (including phenoxy) is 3. The van der Waals surface area contributed by atoms with E-state index in [1.165, 1.54) is 11.3 Å². The van der Waals surface area contributed by atoms with Crippen molar-refractivity contribution >= 4 is 5.91 Å². The van der Waals surface area contributed by atoms with Gasteiger partial charge < -0.3 is 19.1 Å². The van der Waals surface area contributed by atoms with Crippen LogP contribution in [0.4, 0.5) is 0 Å². The first kappa shape index (κ1) is 25.9. The Kier molecular flexibility index (Phi) is 8.83. The maximum absolute atomic E-state index is 12.9. The molecule has 1 aromatic heterocycles. The van der Waals surface area contributed by atoms with Gasteiger partial charge in [-0.2, -0.15) is 5.10 Å². The molecule has 0 bridgehead atoms. The first-order chi connectivity index (χ1) is 16.3. The first-order valence-electron chi connectivity index (χ1n) is 12.1. The van der Waals surface area contributed by atoms with Crippen LogP contribution in [0.2, 0.25) is 0 Å². The van der Waals surface area contributed by atoms with E-state index in [2.05, 4.69) is 35.5 Å². The predicted molar refractivity (Wildman–Crippen MR) is 133 cm³/mol. The van der Waals surface area contributed by atoms with Crippen molar-refractivity contribution < 1.29 is 19.0 Å². The molecule has 1 saturated heterocycles. The summed E-state index contributed by atoms with van der Waals surface area (Å²) in [5, 5.41) is 4.69. The Morgan fingerprint density at radius 2 is 1.68 bits per heavy atom. The number of carbonyl (C=O) groups excluding carboxylic acids is 1. The molecule has 2 aromatic rings. The molecule has 8 nitrogen and oxygen atoms in total. The predicted octanol–water partition coefficient (Wildman–Crippen LogP) is 3.46. The average molecular weight is 473 g/mol. The topological polar surface area (TPSA) is 69.1 Å². The van der Waals surface area contributed by atoms with Crippen LogP contribution in [0.3, 0.4) is 0 Å². The van der Waals surface area contributed by atoms with Crippen molar-refractivity contribution in [1.29, 1.82) is 0 Å². The van der Waals surface area contributed by atoms with Gasteiger partial charge >= 0.3 is 0 Å². The second kappa shape index (κ2) is 11.6. The van der Waals surface area contributed by atoms with E-state index in [0.717, 1.165) is 56.9 Å². The zero-order valence-corrected chi connectivity index (χ0v) is 21.8. The third-order valence-corrected chi connectivity index (χ3v) is 6.56. The number of aromatic nitrogens is 2. The summed E-state index contributed by atoms with van der Waals surface area (Å²) >= 11 is 0. The molecule has 0 aliphatic carbocycles. The molecule has 1 amide bonds. The number of piperazine rings is 1. The van der Waals surface area contributed by atoms with Gasteiger partial charge in [0.1, 0.15) is 0 Å². The maximum Gasteiger partial charge on any atom is 0.222 e. The van der Waals surface area contributed by atoms with E-state index in [9.17, 15) is 4.79 Å². The van der Waals surface area contributed by atoms with Gasteiger partial charge in [0.2, 0.25) is 11.7 Å². The minimum Gasteiger partial charge on any atom is -0.493 e. The Morgan fingerprint density at radius 3 is 2.26 bits per heavy atom. The van der Waals surface area contributed by atoms with Gasteiger partial charge in [-0.3, -0.25) is 14.4 Å². The molecule has 3 rings (SSSR count). The zero-order valence-electron chi connectivity index (χ0n) is 21.8. The molecule has 1 aliphatic heterocycles. The summed E-state index contributed by atoms with van der Waals surface area (Å²) in [7, 11) is 4.88. The summed E-state index contributed by atoms with van der Waals surface area (Å²) in [5.74, 6) is 2.72. The lowest BCUT2D eigenvalue weighted by Crippen LogP contribution is -2.48. The fourth-order valence-electron chi connectivity index (χ4n) is 4.69. The molecule has 34 heavy (non-hydrogen) atoms. The largest absolute Gasteiger partial charge is 0.493 e. The fourth-order valence-corrected chi connectivity index (χ4v) is 4.69. The summed E-state index contributed by atoms with van der Waals surface area (Å²) in [6.45, 7) is 13.3. The van der Waals surface area contributed by atoms with Gasteiger partial charge in [0.25, 0.3) is 0 Å². The van der Waals surface area contributed by atoms with Gasteiger partial charge in [-0.15, -0.1) is 0 Å². The Bertz CT molecular complexity index is 978. The Balaban J connectivity index is 1.55. The van der Waals surface area contributed by atoms with E-state index >= 15 is 0 Å². The summed E-state index contributed by atoms with van der Waals surface area (Å²) in [5.41, 5.74) is 4.49. The van der Waals surface area contributed by atoms with E-state index in [0.29, 0.717) is 29.6 Å². The van der Waals surface area contributed by atoms with Crippen molar-refractivity contribution in [3.8, 4) is 17.2 Å². The van der Waals surface area contributed by atoms with Gasteiger partial charge in [-0.1, -0.05) is 19.9 Å². The molecule has 188 valence electrons. The number of benzene rings is 1. The lowest BCUT2D eigenvalue weighted by molar-refractivity contribution is -0.133. The van der Waals surface area contributed by atoms with Gasteiger partial charge in [0.05, 0.1) is 27.0 Å². The Labute approximate surface area is 203 Å². The number of aryl methyl sites for hydroxylation is 1. The minimum absolute atomic E-state index is 0.221. The molecule has 1 aliphatic rings. The lowest BCUT2D eigenvalue weighted by Gasteiger charge is -2.35. The number of carbonyl (C=O) groups is 1. The quantitative estimate of drug-likeness (QED) is 0.528. The normalized spacial score (nSPS) is 14.5. The smallest absolute Gasteiger partial charge is 0.222 e. The third-order valence-electron chi connectivity index (χ3n) is 6.56. The van der Waals surface area contributed by atoms with Crippen molar-refractivity contribution in [3.63, 3.8) is 0 Å². The van der Waals surface area contributed by atoms with Gasteiger partial charge in [0, 0.05) is 56.9 Å². The molecule has 0 radical (unpaired) electrons. The van der Waals surface area contributed by atoms with Crippen LogP contribution in [-0.4, -0.2) is 73.0 Å². The van der Waals surface area contributed by atoms with Gasteiger partial charge in [0.15, 0.2) is 11.5 Å². The summed E-state index contributed by atoms with van der Waals surface area (Å²) < 4.78 is 18.6. The van der Waals surface area contributed by atoms with Crippen LogP contribution in [-0.2, 0) is 24.3 Å². The van der Waals surface area contributed by atoms with Crippen LogP contribution in [0.15, 0.2) is 12.1 Å². The first-order valence-corrected chi connectivity index (χ1v) is 12.1. The molecule has 0 spiro atoms. The van der Waals surface area contributed by atoms with Gasteiger partial charge in [-0.25, -0.2) is 0 Å². The number of amides is 1. The highest BCUT2D eigenvalue weighted by Crippen LogP contribution is 2.40. The van der Waals surface area contributed by atoms with E-state index in [-0.39, 0.29) is 5.91 Å². The molecular weight excluding hydrogens is 432 g/mol. The summed E-state index contributed by atoms with van der Waals surface area (Å²) in [6, 6.07) is 3.92. The number of methoxy groups -OCH3 is 3. The highest BCUT2D eigenvalue weighted by atomic mass is 16.5. The molecule has 2 heterocycles. The second-order valence-corrected chi connectivity index (χ2v) is 9.38. The van der Waals surface area contributed by atoms with E-state index < -0.39 is 0 Å². The van der Waals surface area contributed by atoms with E-state index in [1.54, 1.807) is 21.3 Å². The molecule has 0 N–H and O–H groups in total. The van der Waals surface area contributed by atoms with Crippen LogP contribution in [0.25, 0.3) is 0 Å². The van der Waals surface area contributed by atoms with Crippen molar-refractivity contribution in [2.45, 2.75) is 53.6 Å². The number of hydrogen-bond donors (Lipinski definition) is 0. The molecule has 0 unspecified atom stereocenters. The molecular formula is C26H40N4O4. The minimum atomic E-state index is 0.221. The summed E-state index contributed by atoms with van der Waals surface area (Å²) in [4.78, 5) is 17.3. The molecule has 1 aromatic carbocycles. The van der Waals surface area contributed by atoms with Crippen molar-refractivity contribution in [2.75, 3.05) is 47.5 Å². The van der Waals surface area contributed by atoms with Gasteiger partial charge in [-0.05, 0) is 37.8 Å². The highest BCUT2D eigenvalue weighted by molar-refractivity contribution is 5.76. The van der Waals surface area contributed by atoms with Crippen LogP contribution >= 0.6 is 0 Å². The molecule has 0 saturated carbocycles.